The summed E-state index contributed by atoms with van der Waals surface area (Å²) in [5.74, 6) is -0.493. The number of rotatable bonds is 4. The first-order valence-corrected chi connectivity index (χ1v) is 9.64. The summed E-state index contributed by atoms with van der Waals surface area (Å²) in [4.78, 5) is 27.8. The smallest absolute Gasteiger partial charge is 0.272 e. The van der Waals surface area contributed by atoms with Crippen LogP contribution < -0.4 is 15.5 Å². The van der Waals surface area contributed by atoms with E-state index in [-0.39, 0.29) is 27.7 Å². The maximum Gasteiger partial charge on any atom is 0.272 e. The normalized spacial score (nSPS) is 11.3. The van der Waals surface area contributed by atoms with Gasteiger partial charge in [0, 0.05) is 17.1 Å². The van der Waals surface area contributed by atoms with E-state index in [2.05, 4.69) is 15.0 Å². The van der Waals surface area contributed by atoms with Crippen LogP contribution in [0.15, 0.2) is 53.3 Å². The third-order valence-electron chi connectivity index (χ3n) is 3.80. The van der Waals surface area contributed by atoms with Crippen molar-refractivity contribution < 1.29 is 13.2 Å². The fourth-order valence-corrected chi connectivity index (χ4v) is 3.15. The molecule has 1 amide bonds. The Labute approximate surface area is 150 Å². The van der Waals surface area contributed by atoms with E-state index < -0.39 is 15.9 Å². The molecule has 0 spiro atoms. The second-order valence-electron chi connectivity index (χ2n) is 5.92. The number of para-hydroxylation sites is 2. The third kappa shape index (κ3) is 3.75. The molecule has 0 aliphatic carbocycles. The molecule has 3 N–H and O–H groups in total. The second kappa shape index (κ2) is 6.64. The van der Waals surface area contributed by atoms with Gasteiger partial charge in [0.25, 0.3) is 5.91 Å². The second-order valence-corrected chi connectivity index (χ2v) is 7.67. The molecule has 0 saturated heterocycles. The number of fused-ring (bicyclic) bond motifs is 1. The Hall–Kier alpha value is -3.13. The lowest BCUT2D eigenvalue weighted by molar-refractivity contribution is 0.102. The highest BCUT2D eigenvalue weighted by molar-refractivity contribution is 7.92. The van der Waals surface area contributed by atoms with Gasteiger partial charge in [-0.1, -0.05) is 24.3 Å². The summed E-state index contributed by atoms with van der Waals surface area (Å²) in [6, 6.07) is 13.1. The minimum absolute atomic E-state index is 0.0357. The third-order valence-corrected chi connectivity index (χ3v) is 4.39. The number of anilines is 2. The quantitative estimate of drug-likeness (QED) is 0.654. The van der Waals surface area contributed by atoms with Crippen molar-refractivity contribution in [2.24, 2.45) is 0 Å². The van der Waals surface area contributed by atoms with Crippen LogP contribution in [0.5, 0.6) is 0 Å². The molecule has 1 heterocycles. The molecule has 0 saturated carbocycles. The molecule has 0 fully saturated rings. The predicted octanol–water partition coefficient (Wildman–Crippen LogP) is 2.46. The maximum atomic E-state index is 12.5. The Kier molecular flexibility index (Phi) is 4.52. The molecule has 0 unspecified atom stereocenters. The van der Waals surface area contributed by atoms with E-state index in [1.807, 2.05) is 19.1 Å². The minimum atomic E-state index is -3.54. The number of pyridine rings is 1. The van der Waals surface area contributed by atoms with Crippen molar-refractivity contribution in [3.05, 3.63) is 70.0 Å². The van der Waals surface area contributed by atoms with E-state index in [9.17, 15) is 18.0 Å². The maximum absolute atomic E-state index is 12.5. The number of amides is 1. The number of nitrogens with one attached hydrogen (secondary N) is 3. The predicted molar refractivity (Wildman–Crippen MR) is 102 cm³/mol. The topological polar surface area (TPSA) is 108 Å². The number of carbonyl (C=O) groups is 1. The first kappa shape index (κ1) is 17.7. The summed E-state index contributed by atoms with van der Waals surface area (Å²) >= 11 is 0. The van der Waals surface area contributed by atoms with Gasteiger partial charge in [-0.05, 0) is 30.7 Å². The van der Waals surface area contributed by atoms with Crippen LogP contribution in [0, 0.1) is 6.92 Å². The van der Waals surface area contributed by atoms with Gasteiger partial charge >= 0.3 is 0 Å². The van der Waals surface area contributed by atoms with E-state index in [1.54, 1.807) is 24.3 Å². The summed E-state index contributed by atoms with van der Waals surface area (Å²) in [5, 5.41) is 3.02. The molecule has 0 radical (unpaired) electrons. The van der Waals surface area contributed by atoms with Crippen molar-refractivity contribution in [2.75, 3.05) is 16.3 Å². The fourth-order valence-electron chi connectivity index (χ4n) is 2.58. The highest BCUT2D eigenvalue weighted by Gasteiger charge is 2.14. The molecule has 1 aromatic heterocycles. The standard InChI is InChI=1S/C18H17N3O4S/c1-11-6-3-4-8-13(11)20-18(23)15-10-16(22)12-7-5-9-14(17(12)19-15)21-26(2,24)25/h3-10,21H,1-2H3,(H,19,22)(H,20,23). The minimum Gasteiger partial charge on any atom is -0.349 e. The van der Waals surface area contributed by atoms with Crippen LogP contribution in [-0.4, -0.2) is 25.6 Å². The molecule has 3 aromatic rings. The SMILES string of the molecule is Cc1ccccc1NC(=O)c1cc(=O)c2cccc(NS(C)(=O)=O)c2[nH]1. The van der Waals surface area contributed by atoms with Crippen molar-refractivity contribution in [3.8, 4) is 0 Å². The monoisotopic (exact) mass is 371 g/mol. The van der Waals surface area contributed by atoms with E-state index in [1.165, 1.54) is 12.1 Å². The van der Waals surface area contributed by atoms with Crippen LogP contribution in [0.4, 0.5) is 11.4 Å². The van der Waals surface area contributed by atoms with Gasteiger partial charge in [-0.2, -0.15) is 0 Å². The van der Waals surface area contributed by atoms with Gasteiger partial charge in [0.15, 0.2) is 5.43 Å². The van der Waals surface area contributed by atoms with Crippen LogP contribution in [0.25, 0.3) is 10.9 Å². The summed E-state index contributed by atoms with van der Waals surface area (Å²) in [6.45, 7) is 1.85. The molecule has 2 aromatic carbocycles. The number of aryl methyl sites for hydroxylation is 1. The Bertz CT molecular complexity index is 1170. The van der Waals surface area contributed by atoms with Crippen molar-refractivity contribution in [3.63, 3.8) is 0 Å². The molecular weight excluding hydrogens is 354 g/mol. The molecule has 134 valence electrons. The molecule has 0 aliphatic rings. The van der Waals surface area contributed by atoms with Gasteiger partial charge in [-0.3, -0.25) is 14.3 Å². The number of aromatic amines is 1. The molecule has 3 rings (SSSR count). The lowest BCUT2D eigenvalue weighted by Gasteiger charge is -2.11. The number of aromatic nitrogens is 1. The summed E-state index contributed by atoms with van der Waals surface area (Å²) < 4.78 is 25.4. The zero-order chi connectivity index (χ0) is 18.9. The Morgan fingerprint density at radius 1 is 1.04 bits per heavy atom. The molecule has 26 heavy (non-hydrogen) atoms. The van der Waals surface area contributed by atoms with Crippen LogP contribution in [-0.2, 0) is 10.0 Å². The van der Waals surface area contributed by atoms with Gasteiger partial charge in [-0.25, -0.2) is 8.42 Å². The first-order chi connectivity index (χ1) is 12.2. The number of benzene rings is 2. The first-order valence-electron chi connectivity index (χ1n) is 7.75. The number of sulfonamides is 1. The average molecular weight is 371 g/mol. The van der Waals surface area contributed by atoms with E-state index >= 15 is 0 Å². The molecule has 0 bridgehead atoms. The van der Waals surface area contributed by atoms with Crippen molar-refractivity contribution in [2.45, 2.75) is 6.92 Å². The Morgan fingerprint density at radius 3 is 2.42 bits per heavy atom. The number of hydrogen-bond donors (Lipinski definition) is 3. The van der Waals surface area contributed by atoms with Crippen molar-refractivity contribution in [1.29, 1.82) is 0 Å². The highest BCUT2D eigenvalue weighted by atomic mass is 32.2. The summed E-state index contributed by atoms with van der Waals surface area (Å²) in [7, 11) is -3.54. The molecular formula is C18H17N3O4S. The zero-order valence-corrected chi connectivity index (χ0v) is 15.0. The van der Waals surface area contributed by atoms with Crippen LogP contribution >= 0.6 is 0 Å². The Morgan fingerprint density at radius 2 is 1.73 bits per heavy atom. The number of carbonyl (C=O) groups excluding carboxylic acids is 1. The highest BCUT2D eigenvalue weighted by Crippen LogP contribution is 2.21. The van der Waals surface area contributed by atoms with Crippen molar-refractivity contribution >= 4 is 38.2 Å². The molecule has 7 nitrogen and oxygen atoms in total. The zero-order valence-electron chi connectivity index (χ0n) is 14.2. The lowest BCUT2D eigenvalue weighted by atomic mass is 10.1. The largest absolute Gasteiger partial charge is 0.349 e. The van der Waals surface area contributed by atoms with Gasteiger partial charge < -0.3 is 10.3 Å². The van der Waals surface area contributed by atoms with Crippen LogP contribution in [0.1, 0.15) is 16.1 Å². The van der Waals surface area contributed by atoms with Gasteiger partial charge in [-0.15, -0.1) is 0 Å². The van der Waals surface area contributed by atoms with Crippen molar-refractivity contribution in [1.82, 2.24) is 4.98 Å². The fraction of sp³-hybridized carbons (Fsp3) is 0.111. The average Bonchev–Trinajstić information content (AvgIpc) is 2.56. The Balaban J connectivity index is 2.07. The van der Waals surface area contributed by atoms with E-state index in [0.717, 1.165) is 11.8 Å². The number of H-pyrrole nitrogens is 1. The van der Waals surface area contributed by atoms with Gasteiger partial charge in [0.05, 0.1) is 17.5 Å². The number of hydrogen-bond acceptors (Lipinski definition) is 4. The van der Waals surface area contributed by atoms with E-state index in [4.69, 9.17) is 0 Å². The summed E-state index contributed by atoms with van der Waals surface area (Å²) in [6.07, 6.45) is 1.01. The summed E-state index contributed by atoms with van der Waals surface area (Å²) in [5.41, 5.74) is 1.61. The molecule has 0 aliphatic heterocycles. The van der Waals surface area contributed by atoms with Crippen LogP contribution in [0.2, 0.25) is 0 Å². The van der Waals surface area contributed by atoms with E-state index in [0.29, 0.717) is 5.69 Å². The van der Waals surface area contributed by atoms with Crippen LogP contribution in [0.3, 0.4) is 0 Å². The molecule has 8 heteroatoms. The lowest BCUT2D eigenvalue weighted by Crippen LogP contribution is -2.18. The molecule has 0 atom stereocenters. The van der Waals surface area contributed by atoms with Gasteiger partial charge in [0.1, 0.15) is 5.69 Å². The van der Waals surface area contributed by atoms with Gasteiger partial charge in [0.2, 0.25) is 10.0 Å².